The summed E-state index contributed by atoms with van der Waals surface area (Å²) >= 11 is 0. The second-order valence-electron chi connectivity index (χ2n) is 8.31. The number of hydrogen-bond acceptors (Lipinski definition) is 6. The van der Waals surface area contributed by atoms with Gasteiger partial charge in [0.1, 0.15) is 30.6 Å². The Morgan fingerprint density at radius 3 is 2.60 bits per heavy atom. The van der Waals surface area contributed by atoms with E-state index in [1.54, 1.807) is 6.20 Å². The minimum atomic E-state index is -0.787. The molecule has 0 bridgehead atoms. The number of nitrogens with zero attached hydrogens (tertiary/aromatic N) is 3. The molecule has 1 heterocycles. The van der Waals surface area contributed by atoms with Crippen LogP contribution in [-0.2, 0) is 40.3 Å². The van der Waals surface area contributed by atoms with Crippen molar-refractivity contribution in [3.8, 4) is 5.75 Å². The second kappa shape index (κ2) is 11.8. The average Bonchev–Trinajstić information content (AvgIpc) is 3.55. The standard InChI is InChI=1S/C27H28N4O4/c1-34-27(33)25(16-21-7-3-2-4-8-21)28-26(32)18-31-17-23(29-30-31)19-35-24-13-11-22(12-14-24)15-20-9-5-6-10-20/h2-9,11-14,17,25H,10,15-16,18-19H2,1H3,(H,28,32). The van der Waals surface area contributed by atoms with Crippen molar-refractivity contribution >= 4 is 11.9 Å². The summed E-state index contributed by atoms with van der Waals surface area (Å²) in [6.07, 6.45) is 10.3. The van der Waals surface area contributed by atoms with Gasteiger partial charge in [-0.2, -0.15) is 0 Å². The largest absolute Gasteiger partial charge is 0.487 e. The number of nitrogens with one attached hydrogen (secondary N) is 1. The summed E-state index contributed by atoms with van der Waals surface area (Å²) in [6, 6.07) is 16.6. The number of aromatic nitrogens is 3. The van der Waals surface area contributed by atoms with Gasteiger partial charge in [-0.25, -0.2) is 9.48 Å². The van der Waals surface area contributed by atoms with Crippen LogP contribution < -0.4 is 10.1 Å². The third kappa shape index (κ3) is 7.14. The summed E-state index contributed by atoms with van der Waals surface area (Å²) < 4.78 is 12.1. The first-order valence-corrected chi connectivity index (χ1v) is 11.5. The SMILES string of the molecule is COC(=O)C(Cc1ccccc1)NC(=O)Cn1cc(COc2ccc(CC3=CC=CC3)cc2)nn1. The Labute approximate surface area is 204 Å². The zero-order chi connectivity index (χ0) is 24.5. The number of carbonyl (C=O) groups is 2. The number of allylic oxidation sites excluding steroid dienone is 4. The Kier molecular flexibility index (Phi) is 8.06. The van der Waals surface area contributed by atoms with E-state index in [2.05, 4.69) is 46.0 Å². The number of esters is 1. The van der Waals surface area contributed by atoms with Crippen LogP contribution in [0.5, 0.6) is 5.75 Å². The molecule has 0 aliphatic heterocycles. The van der Waals surface area contributed by atoms with Crippen molar-refractivity contribution in [1.29, 1.82) is 0 Å². The van der Waals surface area contributed by atoms with Gasteiger partial charge in [0.25, 0.3) is 0 Å². The molecule has 0 radical (unpaired) electrons. The molecular formula is C27H28N4O4. The lowest BCUT2D eigenvalue weighted by atomic mass is 10.0. The molecule has 1 atom stereocenters. The van der Waals surface area contributed by atoms with Crippen LogP contribution in [0.2, 0.25) is 0 Å². The van der Waals surface area contributed by atoms with Crippen molar-refractivity contribution < 1.29 is 19.1 Å². The van der Waals surface area contributed by atoms with Crippen LogP contribution in [0.15, 0.2) is 84.6 Å². The van der Waals surface area contributed by atoms with Gasteiger partial charge in [-0.15, -0.1) is 5.10 Å². The maximum Gasteiger partial charge on any atom is 0.328 e. The van der Waals surface area contributed by atoms with Gasteiger partial charge in [0.2, 0.25) is 5.91 Å². The molecule has 1 aliphatic rings. The summed E-state index contributed by atoms with van der Waals surface area (Å²) in [7, 11) is 1.30. The van der Waals surface area contributed by atoms with Crippen LogP contribution in [0, 0.1) is 0 Å². The summed E-state index contributed by atoms with van der Waals surface area (Å²) in [5.74, 6) is -0.129. The predicted molar refractivity (Wildman–Crippen MR) is 130 cm³/mol. The van der Waals surface area contributed by atoms with Crippen molar-refractivity contribution in [3.05, 3.63) is 101 Å². The lowest BCUT2D eigenvalue weighted by molar-refractivity contribution is -0.145. The first-order chi connectivity index (χ1) is 17.1. The molecular weight excluding hydrogens is 444 g/mol. The first-order valence-electron chi connectivity index (χ1n) is 11.5. The van der Waals surface area contributed by atoms with Gasteiger partial charge < -0.3 is 14.8 Å². The van der Waals surface area contributed by atoms with Crippen LogP contribution >= 0.6 is 0 Å². The smallest absolute Gasteiger partial charge is 0.328 e. The number of benzene rings is 2. The van der Waals surface area contributed by atoms with Gasteiger partial charge >= 0.3 is 5.97 Å². The van der Waals surface area contributed by atoms with E-state index in [9.17, 15) is 9.59 Å². The van der Waals surface area contributed by atoms with Gasteiger partial charge in [0, 0.05) is 6.42 Å². The van der Waals surface area contributed by atoms with Crippen LogP contribution in [0.3, 0.4) is 0 Å². The Hall–Kier alpha value is -4.20. The Morgan fingerprint density at radius 2 is 1.89 bits per heavy atom. The van der Waals surface area contributed by atoms with Crippen molar-refractivity contribution in [2.45, 2.75) is 38.5 Å². The van der Waals surface area contributed by atoms with E-state index in [-0.39, 0.29) is 19.1 Å². The molecule has 1 N–H and O–H groups in total. The third-order valence-corrected chi connectivity index (χ3v) is 5.58. The van der Waals surface area contributed by atoms with E-state index in [1.165, 1.54) is 22.9 Å². The first kappa shape index (κ1) is 23.9. The highest BCUT2D eigenvalue weighted by molar-refractivity contribution is 5.84. The average molecular weight is 473 g/mol. The molecule has 0 saturated carbocycles. The maximum absolute atomic E-state index is 12.5. The van der Waals surface area contributed by atoms with Gasteiger partial charge in [0.05, 0.1) is 13.3 Å². The fraction of sp³-hybridized carbons (Fsp3) is 0.259. The molecule has 1 unspecified atom stereocenters. The van der Waals surface area contributed by atoms with Gasteiger partial charge in [-0.3, -0.25) is 4.79 Å². The summed E-state index contributed by atoms with van der Waals surface area (Å²) in [4.78, 5) is 24.7. The number of rotatable bonds is 11. The molecule has 0 saturated heterocycles. The van der Waals surface area contributed by atoms with Gasteiger partial charge in [-0.05, 0) is 36.1 Å². The van der Waals surface area contributed by atoms with Crippen molar-refractivity contribution in [2.24, 2.45) is 0 Å². The fourth-order valence-corrected chi connectivity index (χ4v) is 3.80. The minimum Gasteiger partial charge on any atom is -0.487 e. The third-order valence-electron chi connectivity index (χ3n) is 5.58. The lowest BCUT2D eigenvalue weighted by Gasteiger charge is -2.16. The van der Waals surface area contributed by atoms with Crippen LogP contribution in [-0.4, -0.2) is 40.0 Å². The molecule has 1 aliphatic carbocycles. The van der Waals surface area contributed by atoms with E-state index >= 15 is 0 Å². The number of ether oxygens (including phenoxy) is 2. The Balaban J connectivity index is 1.26. The topological polar surface area (TPSA) is 95.3 Å². The van der Waals surface area contributed by atoms with Crippen molar-refractivity contribution in [1.82, 2.24) is 20.3 Å². The lowest BCUT2D eigenvalue weighted by Crippen LogP contribution is -2.44. The summed E-state index contributed by atoms with van der Waals surface area (Å²) in [6.45, 7) is 0.156. The molecule has 3 aromatic rings. The predicted octanol–water partition coefficient (Wildman–Crippen LogP) is 3.19. The van der Waals surface area contributed by atoms with E-state index in [1.807, 2.05) is 42.5 Å². The van der Waals surface area contributed by atoms with Crippen LogP contribution in [0.1, 0.15) is 23.2 Å². The van der Waals surface area contributed by atoms with Crippen LogP contribution in [0.25, 0.3) is 0 Å². The number of methoxy groups -OCH3 is 1. The van der Waals surface area contributed by atoms with E-state index in [0.29, 0.717) is 12.1 Å². The highest BCUT2D eigenvalue weighted by atomic mass is 16.5. The number of hydrogen-bond donors (Lipinski definition) is 1. The van der Waals surface area contributed by atoms with Crippen molar-refractivity contribution in [2.75, 3.05) is 7.11 Å². The monoisotopic (exact) mass is 472 g/mol. The summed E-state index contributed by atoms with van der Waals surface area (Å²) in [5, 5.41) is 10.8. The zero-order valence-electron chi connectivity index (χ0n) is 19.6. The zero-order valence-corrected chi connectivity index (χ0v) is 19.6. The Bertz CT molecular complexity index is 1200. The van der Waals surface area contributed by atoms with Crippen LogP contribution in [0.4, 0.5) is 0 Å². The highest BCUT2D eigenvalue weighted by Gasteiger charge is 2.22. The molecule has 8 heteroatoms. The molecule has 1 amide bonds. The molecule has 8 nitrogen and oxygen atoms in total. The molecule has 35 heavy (non-hydrogen) atoms. The van der Waals surface area contributed by atoms with Gasteiger partial charge in [-0.1, -0.05) is 71.5 Å². The molecule has 2 aromatic carbocycles. The molecule has 1 aromatic heterocycles. The summed E-state index contributed by atoms with van der Waals surface area (Å²) in [5.41, 5.74) is 4.15. The minimum absolute atomic E-state index is 0.0747. The molecule has 180 valence electrons. The van der Waals surface area contributed by atoms with E-state index in [4.69, 9.17) is 9.47 Å². The second-order valence-corrected chi connectivity index (χ2v) is 8.31. The fourth-order valence-electron chi connectivity index (χ4n) is 3.80. The van der Waals surface area contributed by atoms with Crippen molar-refractivity contribution in [3.63, 3.8) is 0 Å². The molecule has 4 rings (SSSR count). The number of carbonyl (C=O) groups excluding carboxylic acids is 2. The van der Waals surface area contributed by atoms with E-state index < -0.39 is 12.0 Å². The highest BCUT2D eigenvalue weighted by Crippen LogP contribution is 2.19. The Morgan fingerprint density at radius 1 is 1.09 bits per heavy atom. The van der Waals surface area contributed by atoms with E-state index in [0.717, 1.165) is 24.2 Å². The quantitative estimate of drug-likeness (QED) is 0.431. The van der Waals surface area contributed by atoms with Gasteiger partial charge in [0.15, 0.2) is 0 Å². The number of amides is 1. The molecule has 0 fully saturated rings. The normalized spacial score (nSPS) is 13.2. The maximum atomic E-state index is 12.5. The molecule has 0 spiro atoms.